The van der Waals surface area contributed by atoms with Gasteiger partial charge in [-0.15, -0.1) is 0 Å². The van der Waals surface area contributed by atoms with Gasteiger partial charge in [0.05, 0.1) is 5.02 Å². The molecule has 0 aliphatic heterocycles. The number of aromatic nitrogens is 1. The van der Waals surface area contributed by atoms with Gasteiger partial charge in [-0.2, -0.15) is 0 Å². The Labute approximate surface area is 115 Å². The van der Waals surface area contributed by atoms with Crippen LogP contribution in [-0.2, 0) is 6.61 Å². The fraction of sp³-hybridized carbons (Fsp3) is 0.0833. The Kier molecular flexibility index (Phi) is 4.25. The van der Waals surface area contributed by atoms with Gasteiger partial charge < -0.3 is 10.2 Å². The summed E-state index contributed by atoms with van der Waals surface area (Å²) in [5, 5.41) is 0.874. The Morgan fingerprint density at radius 2 is 2.11 bits per heavy atom. The molecule has 0 atom stereocenters. The minimum Gasteiger partial charge on any atom is -0.487 e. The number of hydrogen-bond donors (Lipinski definition) is 2. The molecule has 0 saturated heterocycles. The monoisotopic (exact) mass is 283 g/mol. The van der Waals surface area contributed by atoms with E-state index in [9.17, 15) is 0 Å². The Hall–Kier alpha value is -1.49. The summed E-state index contributed by atoms with van der Waals surface area (Å²) in [7, 11) is 0. The van der Waals surface area contributed by atoms with Crippen LogP contribution in [-0.4, -0.2) is 4.98 Å². The number of nitrogen functional groups attached to an aromatic ring is 1. The van der Waals surface area contributed by atoms with E-state index in [1.165, 1.54) is 0 Å². The molecule has 3 N–H and O–H groups in total. The maximum atomic E-state index is 6.02. The molecule has 94 valence electrons. The second-order valence-electron chi connectivity index (χ2n) is 3.53. The van der Waals surface area contributed by atoms with Gasteiger partial charge >= 0.3 is 0 Å². The van der Waals surface area contributed by atoms with E-state index in [1.54, 1.807) is 30.5 Å². The van der Waals surface area contributed by atoms with Crippen LogP contribution in [0.15, 0.2) is 36.5 Å². The molecule has 6 heteroatoms. The van der Waals surface area contributed by atoms with Crippen LogP contribution in [0.1, 0.15) is 5.56 Å². The first kappa shape index (κ1) is 13.0. The maximum Gasteiger partial charge on any atom is 0.140 e. The van der Waals surface area contributed by atoms with Crippen molar-refractivity contribution >= 4 is 29.0 Å². The lowest BCUT2D eigenvalue weighted by Gasteiger charge is -2.09. The Balaban J connectivity index is 2.09. The highest BCUT2D eigenvalue weighted by atomic mass is 35.5. The van der Waals surface area contributed by atoms with Gasteiger partial charge in [-0.25, -0.2) is 10.8 Å². The topological polar surface area (TPSA) is 60.2 Å². The quantitative estimate of drug-likeness (QED) is 0.668. The zero-order valence-corrected chi connectivity index (χ0v) is 10.9. The largest absolute Gasteiger partial charge is 0.487 e. The summed E-state index contributed by atoms with van der Waals surface area (Å²) in [6.07, 6.45) is 1.65. The first-order valence-electron chi connectivity index (χ1n) is 5.19. The van der Waals surface area contributed by atoms with Gasteiger partial charge in [0.2, 0.25) is 0 Å². The molecule has 0 radical (unpaired) electrons. The van der Waals surface area contributed by atoms with Crippen LogP contribution in [0.4, 0.5) is 5.82 Å². The number of hydrogen-bond acceptors (Lipinski definition) is 4. The van der Waals surface area contributed by atoms with Crippen molar-refractivity contribution in [3.05, 3.63) is 52.1 Å². The van der Waals surface area contributed by atoms with Gasteiger partial charge in [0.15, 0.2) is 0 Å². The SMILES string of the molecule is NNc1cc(COc2cccc(Cl)c2Cl)ccn1. The van der Waals surface area contributed by atoms with Crippen molar-refractivity contribution < 1.29 is 4.74 Å². The van der Waals surface area contributed by atoms with Crippen molar-refractivity contribution in [2.75, 3.05) is 5.43 Å². The molecule has 2 aromatic rings. The molecule has 18 heavy (non-hydrogen) atoms. The Morgan fingerprint density at radius 3 is 2.89 bits per heavy atom. The predicted molar refractivity (Wildman–Crippen MR) is 72.8 cm³/mol. The molecule has 0 saturated carbocycles. The zero-order valence-electron chi connectivity index (χ0n) is 9.36. The summed E-state index contributed by atoms with van der Waals surface area (Å²) in [5.41, 5.74) is 3.40. The van der Waals surface area contributed by atoms with E-state index in [0.29, 0.717) is 28.2 Å². The number of hydrazine groups is 1. The summed E-state index contributed by atoms with van der Waals surface area (Å²) in [5.74, 6) is 6.40. The maximum absolute atomic E-state index is 6.02. The molecule has 1 aromatic carbocycles. The van der Waals surface area contributed by atoms with Gasteiger partial charge in [0, 0.05) is 6.20 Å². The molecule has 0 bridgehead atoms. The first-order chi connectivity index (χ1) is 8.70. The van der Waals surface area contributed by atoms with Gasteiger partial charge in [-0.1, -0.05) is 29.3 Å². The van der Waals surface area contributed by atoms with Crippen LogP contribution in [0.5, 0.6) is 5.75 Å². The summed E-state index contributed by atoms with van der Waals surface area (Å²) in [4.78, 5) is 4.01. The van der Waals surface area contributed by atoms with Crippen molar-refractivity contribution in [2.45, 2.75) is 6.61 Å². The van der Waals surface area contributed by atoms with E-state index in [1.807, 2.05) is 6.07 Å². The Morgan fingerprint density at radius 1 is 1.28 bits per heavy atom. The molecule has 0 amide bonds. The third-order valence-corrected chi connectivity index (χ3v) is 3.08. The van der Waals surface area contributed by atoms with Gasteiger partial charge in [0.25, 0.3) is 0 Å². The number of nitrogens with two attached hydrogens (primary N) is 1. The van der Waals surface area contributed by atoms with Crippen LogP contribution in [0.3, 0.4) is 0 Å². The molecule has 1 heterocycles. The number of halogens is 2. The van der Waals surface area contributed by atoms with Crippen molar-refractivity contribution in [1.29, 1.82) is 0 Å². The average molecular weight is 284 g/mol. The number of anilines is 1. The summed E-state index contributed by atoms with van der Waals surface area (Å²) in [6, 6.07) is 8.87. The third-order valence-electron chi connectivity index (χ3n) is 2.28. The second-order valence-corrected chi connectivity index (χ2v) is 4.32. The molecule has 0 spiro atoms. The van der Waals surface area contributed by atoms with Crippen LogP contribution in [0.2, 0.25) is 10.0 Å². The standard InChI is InChI=1S/C12H11Cl2N3O/c13-9-2-1-3-10(12(9)14)18-7-8-4-5-16-11(6-8)17-15/h1-6H,7,15H2,(H,16,17). The van der Waals surface area contributed by atoms with E-state index in [0.717, 1.165) is 5.56 Å². The molecule has 4 nitrogen and oxygen atoms in total. The van der Waals surface area contributed by atoms with Crippen LogP contribution >= 0.6 is 23.2 Å². The van der Waals surface area contributed by atoms with E-state index < -0.39 is 0 Å². The van der Waals surface area contributed by atoms with Crippen LogP contribution in [0.25, 0.3) is 0 Å². The molecular formula is C12H11Cl2N3O. The van der Waals surface area contributed by atoms with E-state index in [4.69, 9.17) is 33.8 Å². The highest BCUT2D eigenvalue weighted by molar-refractivity contribution is 6.42. The van der Waals surface area contributed by atoms with E-state index in [-0.39, 0.29) is 0 Å². The smallest absolute Gasteiger partial charge is 0.140 e. The lowest BCUT2D eigenvalue weighted by atomic mass is 10.3. The highest BCUT2D eigenvalue weighted by Crippen LogP contribution is 2.31. The fourth-order valence-electron chi connectivity index (χ4n) is 1.40. The zero-order chi connectivity index (χ0) is 13.0. The second kappa shape index (κ2) is 5.91. The summed E-state index contributed by atoms with van der Waals surface area (Å²) >= 11 is 11.9. The predicted octanol–water partition coefficient (Wildman–Crippen LogP) is 3.25. The number of pyridine rings is 1. The average Bonchev–Trinajstić information content (AvgIpc) is 2.41. The number of rotatable bonds is 4. The lowest BCUT2D eigenvalue weighted by molar-refractivity contribution is 0.306. The minimum atomic E-state index is 0.358. The van der Waals surface area contributed by atoms with Crippen LogP contribution in [0, 0.1) is 0 Å². The van der Waals surface area contributed by atoms with Crippen molar-refractivity contribution in [3.8, 4) is 5.75 Å². The molecule has 1 aromatic heterocycles. The van der Waals surface area contributed by atoms with Crippen molar-refractivity contribution in [3.63, 3.8) is 0 Å². The van der Waals surface area contributed by atoms with Crippen LogP contribution < -0.4 is 16.0 Å². The molecule has 2 rings (SSSR count). The molecular weight excluding hydrogens is 273 g/mol. The molecule has 0 aliphatic rings. The third kappa shape index (κ3) is 3.04. The van der Waals surface area contributed by atoms with E-state index in [2.05, 4.69) is 10.4 Å². The number of nitrogens with zero attached hydrogens (tertiary/aromatic N) is 1. The summed E-state index contributed by atoms with van der Waals surface area (Å²) in [6.45, 7) is 0.358. The first-order valence-corrected chi connectivity index (χ1v) is 5.94. The number of benzene rings is 1. The molecule has 0 fully saturated rings. The van der Waals surface area contributed by atoms with Gasteiger partial charge in [-0.3, -0.25) is 0 Å². The highest BCUT2D eigenvalue weighted by Gasteiger charge is 2.05. The van der Waals surface area contributed by atoms with Crippen molar-refractivity contribution in [2.24, 2.45) is 5.84 Å². The minimum absolute atomic E-state index is 0.358. The molecule has 0 aliphatic carbocycles. The van der Waals surface area contributed by atoms with Gasteiger partial charge in [-0.05, 0) is 29.8 Å². The van der Waals surface area contributed by atoms with Gasteiger partial charge in [0.1, 0.15) is 23.2 Å². The fourth-order valence-corrected chi connectivity index (χ4v) is 1.75. The van der Waals surface area contributed by atoms with E-state index >= 15 is 0 Å². The summed E-state index contributed by atoms with van der Waals surface area (Å²) < 4.78 is 5.59. The Bertz CT molecular complexity index is 549. The number of ether oxygens (including phenoxy) is 1. The number of nitrogens with one attached hydrogen (secondary N) is 1. The molecule has 0 unspecified atom stereocenters. The normalized spacial score (nSPS) is 10.2. The van der Waals surface area contributed by atoms with Crippen molar-refractivity contribution in [1.82, 2.24) is 4.98 Å². The lowest BCUT2D eigenvalue weighted by Crippen LogP contribution is -2.09.